The predicted molar refractivity (Wildman–Crippen MR) is 69.2 cm³/mol. The van der Waals surface area contributed by atoms with Gasteiger partial charge < -0.3 is 14.8 Å². The molecule has 0 aliphatic carbocycles. The van der Waals surface area contributed by atoms with Gasteiger partial charge in [-0.25, -0.2) is 0 Å². The molecule has 0 aromatic rings. The van der Waals surface area contributed by atoms with Crippen LogP contribution in [0.5, 0.6) is 0 Å². The number of nitrogens with zero attached hydrogens (tertiary/aromatic N) is 1. The summed E-state index contributed by atoms with van der Waals surface area (Å²) < 4.78 is 10.8. The molecule has 106 valence electrons. The van der Waals surface area contributed by atoms with E-state index in [1.54, 1.807) is 0 Å². The molecule has 5 nitrogen and oxygen atoms in total. The van der Waals surface area contributed by atoms with Gasteiger partial charge in [0.05, 0.1) is 12.2 Å². The molecule has 0 aromatic carbocycles. The number of nitriles is 1. The number of hydrogen-bond acceptors (Lipinski definition) is 4. The maximum atomic E-state index is 12.3. The molecule has 2 rings (SSSR count). The van der Waals surface area contributed by atoms with Crippen molar-refractivity contribution in [3.05, 3.63) is 0 Å². The van der Waals surface area contributed by atoms with Crippen molar-refractivity contribution < 1.29 is 14.3 Å². The van der Waals surface area contributed by atoms with E-state index >= 15 is 0 Å². The molecule has 2 fully saturated rings. The van der Waals surface area contributed by atoms with Crippen LogP contribution in [0.4, 0.5) is 0 Å². The monoisotopic (exact) mass is 266 g/mol. The zero-order valence-corrected chi connectivity index (χ0v) is 11.5. The van der Waals surface area contributed by atoms with Gasteiger partial charge in [0, 0.05) is 32.3 Å². The third-order valence-corrected chi connectivity index (χ3v) is 4.27. The minimum atomic E-state index is -0.889. The number of carbonyl (C=O) groups is 1. The summed E-state index contributed by atoms with van der Waals surface area (Å²) in [5, 5.41) is 12.3. The third-order valence-electron chi connectivity index (χ3n) is 4.27. The summed E-state index contributed by atoms with van der Waals surface area (Å²) in [6, 6.07) is 2.19. The summed E-state index contributed by atoms with van der Waals surface area (Å²) in [6.45, 7) is 4.47. The van der Waals surface area contributed by atoms with Crippen molar-refractivity contribution in [1.29, 1.82) is 5.26 Å². The third kappa shape index (κ3) is 3.07. The van der Waals surface area contributed by atoms with Crippen molar-refractivity contribution in [2.24, 2.45) is 11.3 Å². The van der Waals surface area contributed by atoms with Gasteiger partial charge in [-0.2, -0.15) is 5.26 Å². The lowest BCUT2D eigenvalue weighted by atomic mass is 9.80. The molecule has 0 aromatic heterocycles. The second-order valence-electron chi connectivity index (χ2n) is 5.38. The Bertz CT molecular complexity index is 358. The molecule has 2 aliphatic heterocycles. The Morgan fingerprint density at radius 1 is 1.42 bits per heavy atom. The first-order valence-electron chi connectivity index (χ1n) is 7.11. The number of amides is 1. The number of rotatable bonds is 4. The van der Waals surface area contributed by atoms with Gasteiger partial charge in [0.1, 0.15) is 5.41 Å². The van der Waals surface area contributed by atoms with Crippen molar-refractivity contribution in [2.75, 3.05) is 26.4 Å². The first-order chi connectivity index (χ1) is 9.22. The van der Waals surface area contributed by atoms with E-state index in [2.05, 4.69) is 18.3 Å². The van der Waals surface area contributed by atoms with Crippen molar-refractivity contribution >= 4 is 5.91 Å². The lowest BCUT2D eigenvalue weighted by Gasteiger charge is -2.30. The molecule has 2 heterocycles. The Balaban J connectivity index is 1.88. The SMILES string of the molecule is CCC1OCCC1CNC(=O)C1(C#N)CCOCC1. The number of hydrogen-bond donors (Lipinski definition) is 1. The van der Waals surface area contributed by atoms with Crippen molar-refractivity contribution in [3.63, 3.8) is 0 Å². The van der Waals surface area contributed by atoms with Crippen molar-refractivity contribution in [1.82, 2.24) is 5.32 Å². The largest absolute Gasteiger partial charge is 0.381 e. The number of carbonyl (C=O) groups excluding carboxylic acids is 1. The Morgan fingerprint density at radius 2 is 2.16 bits per heavy atom. The highest BCUT2D eigenvalue weighted by atomic mass is 16.5. The molecule has 19 heavy (non-hydrogen) atoms. The fourth-order valence-electron chi connectivity index (χ4n) is 2.88. The Hall–Kier alpha value is -1.12. The van der Waals surface area contributed by atoms with Crippen LogP contribution in [-0.4, -0.2) is 38.4 Å². The highest BCUT2D eigenvalue weighted by molar-refractivity contribution is 5.85. The van der Waals surface area contributed by atoms with E-state index in [1.165, 1.54) is 0 Å². The van der Waals surface area contributed by atoms with Crippen molar-refractivity contribution in [3.8, 4) is 6.07 Å². The molecular weight excluding hydrogens is 244 g/mol. The van der Waals surface area contributed by atoms with Crippen LogP contribution >= 0.6 is 0 Å². The van der Waals surface area contributed by atoms with Gasteiger partial charge in [-0.15, -0.1) is 0 Å². The molecule has 0 spiro atoms. The molecule has 0 saturated carbocycles. The summed E-state index contributed by atoms with van der Waals surface area (Å²) in [7, 11) is 0. The highest BCUT2D eigenvalue weighted by Crippen LogP contribution is 2.30. The van der Waals surface area contributed by atoms with Crippen LogP contribution in [0.1, 0.15) is 32.6 Å². The van der Waals surface area contributed by atoms with E-state index in [9.17, 15) is 10.1 Å². The lowest BCUT2D eigenvalue weighted by Crippen LogP contribution is -2.45. The zero-order chi connectivity index (χ0) is 13.7. The standard InChI is InChI=1S/C14H22N2O3/c1-2-12-11(3-6-19-12)9-16-13(17)14(10-15)4-7-18-8-5-14/h11-12H,2-9H2,1H3,(H,16,17). The number of nitrogens with one attached hydrogen (secondary N) is 1. The predicted octanol–water partition coefficient (Wildman–Crippen LogP) is 1.24. The van der Waals surface area contributed by atoms with Crippen LogP contribution in [0, 0.1) is 22.7 Å². The molecular formula is C14H22N2O3. The first kappa shape index (κ1) is 14.3. The molecule has 5 heteroatoms. The summed E-state index contributed by atoms with van der Waals surface area (Å²) in [4.78, 5) is 12.3. The molecule has 0 radical (unpaired) electrons. The van der Waals surface area contributed by atoms with Gasteiger partial charge in [-0.3, -0.25) is 4.79 Å². The average Bonchev–Trinajstić information content (AvgIpc) is 2.92. The van der Waals surface area contributed by atoms with Crippen LogP contribution < -0.4 is 5.32 Å². The maximum Gasteiger partial charge on any atom is 0.240 e. The minimum Gasteiger partial charge on any atom is -0.381 e. The van der Waals surface area contributed by atoms with E-state index < -0.39 is 5.41 Å². The summed E-state index contributed by atoms with van der Waals surface area (Å²) in [6.07, 6.45) is 3.19. The Labute approximate surface area is 114 Å². The molecule has 2 unspecified atom stereocenters. The van der Waals surface area contributed by atoms with Crippen LogP contribution in [0.3, 0.4) is 0 Å². The van der Waals surface area contributed by atoms with Crippen molar-refractivity contribution in [2.45, 2.75) is 38.7 Å². The quantitative estimate of drug-likeness (QED) is 0.831. The van der Waals surface area contributed by atoms with Gasteiger partial charge in [0.2, 0.25) is 5.91 Å². The molecule has 1 N–H and O–H groups in total. The summed E-state index contributed by atoms with van der Waals surface area (Å²) in [5.41, 5.74) is -0.889. The van der Waals surface area contributed by atoms with E-state index in [0.717, 1.165) is 19.4 Å². The second kappa shape index (κ2) is 6.36. The van der Waals surface area contributed by atoms with Crippen LogP contribution in [0.25, 0.3) is 0 Å². The van der Waals surface area contributed by atoms with Gasteiger partial charge in [0.25, 0.3) is 0 Å². The van der Waals surface area contributed by atoms with Gasteiger partial charge in [-0.05, 0) is 25.7 Å². The maximum absolute atomic E-state index is 12.3. The molecule has 2 aliphatic rings. The van der Waals surface area contributed by atoms with Crippen LogP contribution in [0.15, 0.2) is 0 Å². The highest BCUT2D eigenvalue weighted by Gasteiger charge is 2.41. The Morgan fingerprint density at radius 3 is 2.79 bits per heavy atom. The minimum absolute atomic E-state index is 0.139. The van der Waals surface area contributed by atoms with E-state index in [4.69, 9.17) is 9.47 Å². The normalized spacial score (nSPS) is 29.7. The first-order valence-corrected chi connectivity index (χ1v) is 7.11. The summed E-state index contributed by atoms with van der Waals surface area (Å²) in [5.74, 6) is 0.240. The fourth-order valence-corrected chi connectivity index (χ4v) is 2.88. The average molecular weight is 266 g/mol. The van der Waals surface area contributed by atoms with Crippen LogP contribution in [0.2, 0.25) is 0 Å². The molecule has 2 saturated heterocycles. The zero-order valence-electron chi connectivity index (χ0n) is 11.5. The van der Waals surface area contributed by atoms with Gasteiger partial charge >= 0.3 is 0 Å². The van der Waals surface area contributed by atoms with E-state index in [1.807, 2.05) is 0 Å². The van der Waals surface area contributed by atoms with Gasteiger partial charge in [-0.1, -0.05) is 6.92 Å². The summed E-state index contributed by atoms with van der Waals surface area (Å²) >= 11 is 0. The van der Waals surface area contributed by atoms with E-state index in [0.29, 0.717) is 38.5 Å². The molecule has 2 atom stereocenters. The topological polar surface area (TPSA) is 71.3 Å². The fraction of sp³-hybridized carbons (Fsp3) is 0.857. The number of ether oxygens (including phenoxy) is 2. The molecule has 1 amide bonds. The lowest BCUT2D eigenvalue weighted by molar-refractivity contribution is -0.132. The smallest absolute Gasteiger partial charge is 0.240 e. The second-order valence-corrected chi connectivity index (χ2v) is 5.38. The van der Waals surface area contributed by atoms with Crippen LogP contribution in [-0.2, 0) is 14.3 Å². The molecule has 0 bridgehead atoms. The van der Waals surface area contributed by atoms with E-state index in [-0.39, 0.29) is 12.0 Å². The van der Waals surface area contributed by atoms with Gasteiger partial charge in [0.15, 0.2) is 0 Å². The Kier molecular flexibility index (Phi) is 4.78.